The quantitative estimate of drug-likeness (QED) is 0.844. The van der Waals surface area contributed by atoms with Crippen molar-refractivity contribution in [2.24, 2.45) is 0 Å². The monoisotopic (exact) mass is 264 g/mol. The van der Waals surface area contributed by atoms with Gasteiger partial charge >= 0.3 is 0 Å². The molecule has 1 aromatic carbocycles. The molecule has 6 nitrogen and oxygen atoms in total. The zero-order valence-electron chi connectivity index (χ0n) is 10.8. The molecule has 2 rings (SSSR count). The number of benzene rings is 1. The maximum Gasteiger partial charge on any atom is 0.229 e. The third-order valence-corrected chi connectivity index (χ3v) is 2.91. The van der Waals surface area contributed by atoms with Gasteiger partial charge in [-0.1, -0.05) is 0 Å². The molecule has 0 bridgehead atoms. The molecule has 1 saturated heterocycles. The number of rotatable bonds is 3. The maximum absolute atomic E-state index is 11.7. The fourth-order valence-electron chi connectivity index (χ4n) is 2.08. The lowest BCUT2D eigenvalue weighted by atomic mass is 10.2. The number of anilines is 2. The van der Waals surface area contributed by atoms with Gasteiger partial charge in [0.2, 0.25) is 11.8 Å². The van der Waals surface area contributed by atoms with Gasteiger partial charge in [0, 0.05) is 18.7 Å². The van der Waals surface area contributed by atoms with Crippen molar-refractivity contribution in [2.45, 2.75) is 19.4 Å². The zero-order chi connectivity index (χ0) is 14.0. The van der Waals surface area contributed by atoms with Crippen molar-refractivity contribution < 1.29 is 19.4 Å². The van der Waals surface area contributed by atoms with Gasteiger partial charge in [0.25, 0.3) is 0 Å². The number of nitrogens with one attached hydrogen (secondary N) is 1. The largest absolute Gasteiger partial charge is 0.494 e. The third kappa shape index (κ3) is 2.85. The van der Waals surface area contributed by atoms with Crippen molar-refractivity contribution in [2.75, 3.05) is 23.9 Å². The lowest BCUT2D eigenvalue weighted by Crippen LogP contribution is -2.25. The summed E-state index contributed by atoms with van der Waals surface area (Å²) in [6.45, 7) is 1.69. The van der Waals surface area contributed by atoms with E-state index in [1.54, 1.807) is 18.2 Å². The molecule has 1 unspecified atom stereocenters. The second-order valence-corrected chi connectivity index (χ2v) is 4.43. The average Bonchev–Trinajstić information content (AvgIpc) is 2.68. The van der Waals surface area contributed by atoms with Crippen molar-refractivity contribution in [3.63, 3.8) is 0 Å². The van der Waals surface area contributed by atoms with E-state index in [-0.39, 0.29) is 24.8 Å². The van der Waals surface area contributed by atoms with Gasteiger partial charge in [0.15, 0.2) is 0 Å². The molecule has 1 aliphatic rings. The van der Waals surface area contributed by atoms with Gasteiger partial charge in [0.05, 0.1) is 31.9 Å². The number of aliphatic hydroxyl groups excluding tert-OH is 1. The topological polar surface area (TPSA) is 78.9 Å². The van der Waals surface area contributed by atoms with Crippen LogP contribution in [0.25, 0.3) is 0 Å². The highest BCUT2D eigenvalue weighted by Crippen LogP contribution is 2.31. The van der Waals surface area contributed by atoms with Gasteiger partial charge in [-0.2, -0.15) is 0 Å². The van der Waals surface area contributed by atoms with Crippen molar-refractivity contribution in [1.29, 1.82) is 0 Å². The summed E-state index contributed by atoms with van der Waals surface area (Å²) in [6, 6.07) is 5.05. The minimum absolute atomic E-state index is 0.123. The number of aliphatic hydroxyl groups is 1. The van der Waals surface area contributed by atoms with E-state index in [4.69, 9.17) is 4.74 Å². The molecule has 1 aromatic rings. The normalized spacial score (nSPS) is 18.6. The Labute approximate surface area is 111 Å². The molecule has 0 radical (unpaired) electrons. The van der Waals surface area contributed by atoms with Gasteiger partial charge in [0.1, 0.15) is 5.75 Å². The van der Waals surface area contributed by atoms with Crippen LogP contribution in [0.2, 0.25) is 0 Å². The van der Waals surface area contributed by atoms with Crippen LogP contribution in [0, 0.1) is 0 Å². The third-order valence-electron chi connectivity index (χ3n) is 2.91. The second kappa shape index (κ2) is 5.27. The van der Waals surface area contributed by atoms with Gasteiger partial charge < -0.3 is 20.1 Å². The smallest absolute Gasteiger partial charge is 0.229 e. The van der Waals surface area contributed by atoms with E-state index in [1.807, 2.05) is 0 Å². The fraction of sp³-hybridized carbons (Fsp3) is 0.385. The number of β-amino-alcohol motifs (C(OH)–C–C–N with tert-alkyl or cyclic N) is 1. The molecule has 0 aromatic heterocycles. The average molecular weight is 264 g/mol. The Morgan fingerprint density at radius 2 is 2.26 bits per heavy atom. The summed E-state index contributed by atoms with van der Waals surface area (Å²) >= 11 is 0. The van der Waals surface area contributed by atoms with E-state index in [0.717, 1.165) is 0 Å². The lowest BCUT2D eigenvalue weighted by Gasteiger charge is -2.18. The van der Waals surface area contributed by atoms with Crippen molar-refractivity contribution in [1.82, 2.24) is 0 Å². The van der Waals surface area contributed by atoms with E-state index in [0.29, 0.717) is 17.1 Å². The Balaban J connectivity index is 2.28. The fourth-order valence-corrected chi connectivity index (χ4v) is 2.08. The van der Waals surface area contributed by atoms with Crippen LogP contribution in [0.15, 0.2) is 18.2 Å². The van der Waals surface area contributed by atoms with Crippen LogP contribution >= 0.6 is 0 Å². The van der Waals surface area contributed by atoms with E-state index < -0.39 is 6.10 Å². The van der Waals surface area contributed by atoms with Crippen LogP contribution in [0.1, 0.15) is 13.3 Å². The molecule has 0 spiro atoms. The summed E-state index contributed by atoms with van der Waals surface area (Å²) in [4.78, 5) is 24.3. The molecule has 102 valence electrons. The Hall–Kier alpha value is -2.08. The van der Waals surface area contributed by atoms with Gasteiger partial charge in [-0.3, -0.25) is 9.59 Å². The molecule has 6 heteroatoms. The highest BCUT2D eigenvalue weighted by Gasteiger charge is 2.29. The number of hydrogen-bond acceptors (Lipinski definition) is 4. The Kier molecular flexibility index (Phi) is 3.71. The Morgan fingerprint density at radius 3 is 2.79 bits per heavy atom. The minimum Gasteiger partial charge on any atom is -0.494 e. The summed E-state index contributed by atoms with van der Waals surface area (Å²) in [5.74, 6) is 0.155. The van der Waals surface area contributed by atoms with Crippen LogP contribution in [-0.4, -0.2) is 36.7 Å². The molecular formula is C13H16N2O4. The Morgan fingerprint density at radius 1 is 1.53 bits per heavy atom. The molecule has 1 fully saturated rings. The van der Waals surface area contributed by atoms with Crippen molar-refractivity contribution in [3.05, 3.63) is 18.2 Å². The molecular weight excluding hydrogens is 248 g/mol. The predicted octanol–water partition coefficient (Wildman–Crippen LogP) is 0.751. The molecule has 2 amide bonds. The molecule has 19 heavy (non-hydrogen) atoms. The van der Waals surface area contributed by atoms with Crippen LogP contribution in [0.3, 0.4) is 0 Å². The first-order valence-electron chi connectivity index (χ1n) is 5.95. The highest BCUT2D eigenvalue weighted by atomic mass is 16.5. The predicted molar refractivity (Wildman–Crippen MR) is 70.3 cm³/mol. The molecule has 0 aliphatic carbocycles. The summed E-state index contributed by atoms with van der Waals surface area (Å²) in [6.07, 6.45) is -0.496. The number of ether oxygens (including phenoxy) is 1. The van der Waals surface area contributed by atoms with Gasteiger partial charge in [-0.05, 0) is 12.1 Å². The van der Waals surface area contributed by atoms with Crippen LogP contribution in [-0.2, 0) is 9.59 Å². The minimum atomic E-state index is -0.631. The molecule has 1 aliphatic heterocycles. The summed E-state index contributed by atoms with van der Waals surface area (Å²) in [7, 11) is 1.49. The number of nitrogens with zero attached hydrogens (tertiary/aromatic N) is 1. The van der Waals surface area contributed by atoms with E-state index in [2.05, 4.69) is 5.32 Å². The van der Waals surface area contributed by atoms with E-state index in [1.165, 1.54) is 18.9 Å². The summed E-state index contributed by atoms with van der Waals surface area (Å²) in [5, 5.41) is 12.1. The first-order valence-corrected chi connectivity index (χ1v) is 5.95. The molecule has 1 heterocycles. The van der Waals surface area contributed by atoms with Gasteiger partial charge in [-0.15, -0.1) is 0 Å². The number of carbonyl (C=O) groups excluding carboxylic acids is 2. The molecule has 1 atom stereocenters. The SMILES string of the molecule is COc1cc(N2CC(O)CC2=O)ccc1NC(C)=O. The first kappa shape index (κ1) is 13.4. The van der Waals surface area contributed by atoms with Crippen LogP contribution < -0.4 is 15.0 Å². The van der Waals surface area contributed by atoms with Crippen molar-refractivity contribution in [3.8, 4) is 5.75 Å². The number of amides is 2. The Bertz CT molecular complexity index is 515. The van der Waals surface area contributed by atoms with Crippen molar-refractivity contribution >= 4 is 23.2 Å². The van der Waals surface area contributed by atoms with E-state index in [9.17, 15) is 14.7 Å². The summed E-state index contributed by atoms with van der Waals surface area (Å²) < 4.78 is 5.19. The lowest BCUT2D eigenvalue weighted by molar-refractivity contribution is -0.117. The van der Waals surface area contributed by atoms with Gasteiger partial charge in [-0.25, -0.2) is 0 Å². The van der Waals surface area contributed by atoms with Crippen LogP contribution in [0.5, 0.6) is 5.75 Å². The first-order chi connectivity index (χ1) is 9.01. The zero-order valence-corrected chi connectivity index (χ0v) is 10.8. The number of methoxy groups -OCH3 is 1. The number of carbonyl (C=O) groups is 2. The van der Waals surface area contributed by atoms with Crippen LogP contribution in [0.4, 0.5) is 11.4 Å². The number of hydrogen-bond donors (Lipinski definition) is 2. The summed E-state index contributed by atoms with van der Waals surface area (Å²) in [5.41, 5.74) is 1.19. The molecule has 2 N–H and O–H groups in total. The van der Waals surface area contributed by atoms with E-state index >= 15 is 0 Å². The standard InChI is InChI=1S/C13H16N2O4/c1-8(16)14-11-4-3-9(5-12(11)19-2)15-7-10(17)6-13(15)18/h3-5,10,17H,6-7H2,1-2H3,(H,14,16). The molecule has 0 saturated carbocycles. The maximum atomic E-state index is 11.7. The second-order valence-electron chi connectivity index (χ2n) is 4.43. The highest BCUT2D eigenvalue weighted by molar-refractivity contribution is 5.97.